The van der Waals surface area contributed by atoms with E-state index >= 15 is 0 Å². The molecule has 4 N–H and O–H groups in total. The summed E-state index contributed by atoms with van der Waals surface area (Å²) in [6, 6.07) is 4.31. The largest absolute Gasteiger partial charge is 0.349 e. The number of carbonyl (C=O) groups is 1. The number of amides is 1. The third-order valence-corrected chi connectivity index (χ3v) is 2.32. The lowest BCUT2D eigenvalue weighted by Gasteiger charge is -2.00. The van der Waals surface area contributed by atoms with Crippen molar-refractivity contribution in [2.75, 3.05) is 6.54 Å². The minimum atomic E-state index is -0.320. The number of fused-ring (bicyclic) bond motifs is 1. The standard InChI is InChI=1S/C11H13FN4O/c12-7-1-2-8-9(5-7)16-10(15-8)6-14-11(17)3-4-13/h1-2,5H,3-4,6,13H2,(H,14,17)(H,15,16). The molecule has 2 aromatic rings. The van der Waals surface area contributed by atoms with Gasteiger partial charge in [0.2, 0.25) is 5.91 Å². The molecule has 0 aliphatic carbocycles. The molecule has 1 aromatic carbocycles. The Morgan fingerprint density at radius 1 is 1.53 bits per heavy atom. The zero-order chi connectivity index (χ0) is 12.3. The van der Waals surface area contributed by atoms with Crippen LogP contribution in [0.1, 0.15) is 12.2 Å². The quantitative estimate of drug-likeness (QED) is 0.729. The lowest BCUT2D eigenvalue weighted by molar-refractivity contribution is -0.121. The van der Waals surface area contributed by atoms with Crippen LogP contribution in [0.15, 0.2) is 18.2 Å². The van der Waals surface area contributed by atoms with E-state index in [4.69, 9.17) is 5.73 Å². The zero-order valence-electron chi connectivity index (χ0n) is 9.16. The Hall–Kier alpha value is -1.95. The molecule has 1 heterocycles. The first-order chi connectivity index (χ1) is 8.19. The van der Waals surface area contributed by atoms with Gasteiger partial charge in [-0.2, -0.15) is 0 Å². The van der Waals surface area contributed by atoms with Gasteiger partial charge >= 0.3 is 0 Å². The van der Waals surface area contributed by atoms with Crippen molar-refractivity contribution in [2.24, 2.45) is 5.73 Å². The molecule has 0 atom stereocenters. The number of hydrogen-bond acceptors (Lipinski definition) is 3. The summed E-state index contributed by atoms with van der Waals surface area (Å²) in [5.41, 5.74) is 6.54. The minimum absolute atomic E-state index is 0.126. The van der Waals surface area contributed by atoms with Gasteiger partial charge < -0.3 is 16.0 Å². The van der Waals surface area contributed by atoms with Gasteiger partial charge in [-0.1, -0.05) is 0 Å². The smallest absolute Gasteiger partial charge is 0.221 e. The molecule has 0 saturated carbocycles. The van der Waals surface area contributed by atoms with E-state index in [0.717, 1.165) is 0 Å². The van der Waals surface area contributed by atoms with Crippen LogP contribution in [0, 0.1) is 5.82 Å². The van der Waals surface area contributed by atoms with E-state index in [2.05, 4.69) is 15.3 Å². The first-order valence-corrected chi connectivity index (χ1v) is 5.30. The molecule has 17 heavy (non-hydrogen) atoms. The molecule has 0 spiro atoms. The summed E-state index contributed by atoms with van der Waals surface area (Å²) in [4.78, 5) is 18.3. The molecule has 0 fully saturated rings. The average Bonchev–Trinajstić information content (AvgIpc) is 2.68. The molecule has 0 bridgehead atoms. The second kappa shape index (κ2) is 4.92. The van der Waals surface area contributed by atoms with E-state index in [1.54, 1.807) is 6.07 Å². The fraction of sp³-hybridized carbons (Fsp3) is 0.273. The van der Waals surface area contributed by atoms with Crippen LogP contribution in [0.3, 0.4) is 0 Å². The highest BCUT2D eigenvalue weighted by Gasteiger charge is 2.05. The first kappa shape index (κ1) is 11.5. The van der Waals surface area contributed by atoms with Crippen molar-refractivity contribution in [2.45, 2.75) is 13.0 Å². The van der Waals surface area contributed by atoms with E-state index in [1.807, 2.05) is 0 Å². The van der Waals surface area contributed by atoms with Crippen LogP contribution in [0.4, 0.5) is 4.39 Å². The van der Waals surface area contributed by atoms with Crippen LogP contribution < -0.4 is 11.1 Å². The summed E-state index contributed by atoms with van der Waals surface area (Å²) in [7, 11) is 0. The van der Waals surface area contributed by atoms with Gasteiger partial charge in [-0.25, -0.2) is 9.37 Å². The van der Waals surface area contributed by atoms with Gasteiger partial charge in [-0.15, -0.1) is 0 Å². The summed E-state index contributed by atoms with van der Waals surface area (Å²) in [5.74, 6) is 0.148. The van der Waals surface area contributed by atoms with Crippen molar-refractivity contribution in [3.63, 3.8) is 0 Å². The maximum atomic E-state index is 12.9. The second-order valence-electron chi connectivity index (χ2n) is 3.66. The highest BCUT2D eigenvalue weighted by Crippen LogP contribution is 2.12. The summed E-state index contributed by atoms with van der Waals surface area (Å²) >= 11 is 0. The van der Waals surface area contributed by atoms with E-state index in [0.29, 0.717) is 23.4 Å². The number of nitrogens with two attached hydrogens (primary N) is 1. The van der Waals surface area contributed by atoms with E-state index < -0.39 is 0 Å². The number of aromatic amines is 1. The van der Waals surface area contributed by atoms with E-state index in [9.17, 15) is 9.18 Å². The van der Waals surface area contributed by atoms with Crippen molar-refractivity contribution in [1.82, 2.24) is 15.3 Å². The summed E-state index contributed by atoms with van der Waals surface area (Å²) in [6.07, 6.45) is 0.287. The minimum Gasteiger partial charge on any atom is -0.349 e. The van der Waals surface area contributed by atoms with Crippen LogP contribution in [-0.2, 0) is 11.3 Å². The van der Waals surface area contributed by atoms with Gasteiger partial charge in [0.25, 0.3) is 0 Å². The first-order valence-electron chi connectivity index (χ1n) is 5.30. The number of rotatable bonds is 4. The van der Waals surface area contributed by atoms with Gasteiger partial charge in [0, 0.05) is 13.0 Å². The number of halogens is 1. The Bertz CT molecular complexity index is 537. The number of nitrogens with zero attached hydrogens (tertiary/aromatic N) is 1. The molecule has 1 aromatic heterocycles. The topological polar surface area (TPSA) is 83.8 Å². The predicted octanol–water partition coefficient (Wildman–Crippen LogP) is 0.667. The molecule has 2 rings (SSSR count). The van der Waals surface area contributed by atoms with Crippen LogP contribution in [0.25, 0.3) is 11.0 Å². The summed E-state index contributed by atoms with van der Waals surface area (Å²) < 4.78 is 12.9. The average molecular weight is 236 g/mol. The van der Waals surface area contributed by atoms with Crippen LogP contribution in [0.5, 0.6) is 0 Å². The van der Waals surface area contributed by atoms with Crippen molar-refractivity contribution in [3.05, 3.63) is 29.8 Å². The number of nitrogens with one attached hydrogen (secondary N) is 2. The molecule has 5 nitrogen and oxygen atoms in total. The Morgan fingerprint density at radius 2 is 2.35 bits per heavy atom. The van der Waals surface area contributed by atoms with Gasteiger partial charge in [0.05, 0.1) is 17.6 Å². The Labute approximate surface area is 97.2 Å². The summed E-state index contributed by atoms with van der Waals surface area (Å²) in [6.45, 7) is 0.603. The van der Waals surface area contributed by atoms with E-state index in [-0.39, 0.29) is 24.7 Å². The third kappa shape index (κ3) is 2.79. The monoisotopic (exact) mass is 236 g/mol. The molecule has 90 valence electrons. The second-order valence-corrected chi connectivity index (χ2v) is 3.66. The lowest BCUT2D eigenvalue weighted by atomic mass is 10.3. The van der Waals surface area contributed by atoms with Crippen LogP contribution >= 0.6 is 0 Å². The van der Waals surface area contributed by atoms with Crippen LogP contribution in [0.2, 0.25) is 0 Å². The van der Waals surface area contributed by atoms with Gasteiger partial charge in [0.1, 0.15) is 11.6 Å². The molecule has 0 unspecified atom stereocenters. The van der Waals surface area contributed by atoms with Crippen molar-refractivity contribution >= 4 is 16.9 Å². The van der Waals surface area contributed by atoms with Gasteiger partial charge in [-0.05, 0) is 18.2 Å². The predicted molar refractivity (Wildman–Crippen MR) is 61.6 cm³/mol. The zero-order valence-corrected chi connectivity index (χ0v) is 9.16. The lowest BCUT2D eigenvalue weighted by Crippen LogP contribution is -2.25. The normalized spacial score (nSPS) is 10.7. The molecule has 0 aliphatic heterocycles. The number of hydrogen-bond donors (Lipinski definition) is 3. The molecule has 0 radical (unpaired) electrons. The number of carbonyl (C=O) groups excluding carboxylic acids is 1. The molecule has 0 aliphatic rings. The molecular formula is C11H13FN4O. The molecule has 1 amide bonds. The number of aromatic nitrogens is 2. The van der Waals surface area contributed by atoms with Crippen LogP contribution in [-0.4, -0.2) is 22.4 Å². The summed E-state index contributed by atoms with van der Waals surface area (Å²) in [5, 5.41) is 2.67. The molecular weight excluding hydrogens is 223 g/mol. The highest BCUT2D eigenvalue weighted by atomic mass is 19.1. The maximum Gasteiger partial charge on any atom is 0.221 e. The van der Waals surface area contributed by atoms with E-state index in [1.165, 1.54) is 12.1 Å². The van der Waals surface area contributed by atoms with Crippen molar-refractivity contribution < 1.29 is 9.18 Å². The number of benzene rings is 1. The van der Waals surface area contributed by atoms with Gasteiger partial charge in [-0.3, -0.25) is 4.79 Å². The van der Waals surface area contributed by atoms with Crippen molar-refractivity contribution in [3.8, 4) is 0 Å². The third-order valence-electron chi connectivity index (χ3n) is 2.32. The fourth-order valence-corrected chi connectivity index (χ4v) is 1.52. The fourth-order valence-electron chi connectivity index (χ4n) is 1.52. The van der Waals surface area contributed by atoms with Gasteiger partial charge in [0.15, 0.2) is 0 Å². The Morgan fingerprint density at radius 3 is 3.12 bits per heavy atom. The van der Waals surface area contributed by atoms with Crippen molar-refractivity contribution in [1.29, 1.82) is 0 Å². The molecule has 0 saturated heterocycles. The Kier molecular flexibility index (Phi) is 3.34. The number of imidazole rings is 1. The molecule has 6 heteroatoms. The number of H-pyrrole nitrogens is 1. The highest BCUT2D eigenvalue weighted by molar-refractivity contribution is 5.77. The maximum absolute atomic E-state index is 12.9. The Balaban J connectivity index is 2.07. The SMILES string of the molecule is NCCC(=O)NCc1nc2ccc(F)cc2[nH]1.